The highest BCUT2D eigenvalue weighted by molar-refractivity contribution is 5.86. The molecule has 1 unspecified atom stereocenters. The third-order valence-electron chi connectivity index (χ3n) is 7.49. The fourth-order valence-corrected chi connectivity index (χ4v) is 5.61. The van der Waals surface area contributed by atoms with E-state index in [0.29, 0.717) is 18.4 Å². The number of guanidine groups is 1. The fourth-order valence-electron chi connectivity index (χ4n) is 5.61. The lowest BCUT2D eigenvalue weighted by atomic mass is 9.90. The summed E-state index contributed by atoms with van der Waals surface area (Å²) in [7, 11) is 1.83. The topological polar surface area (TPSA) is 51.2 Å². The molecule has 3 aliphatic rings. The summed E-state index contributed by atoms with van der Waals surface area (Å²) >= 11 is 0. The second kappa shape index (κ2) is 11.7. The molecule has 6 nitrogen and oxygen atoms in total. The Balaban J connectivity index is 1.16. The van der Waals surface area contributed by atoms with Crippen molar-refractivity contribution in [1.29, 1.82) is 0 Å². The molecule has 176 valence electrons. The molecule has 3 heterocycles. The van der Waals surface area contributed by atoms with Gasteiger partial charge in [-0.3, -0.25) is 9.79 Å². The second-order valence-corrected chi connectivity index (χ2v) is 9.88. The molecule has 1 aromatic carbocycles. The molecule has 32 heavy (non-hydrogen) atoms. The smallest absolute Gasteiger partial charge is 0.241 e. The molecule has 0 aromatic heterocycles. The van der Waals surface area contributed by atoms with Crippen LogP contribution in [-0.4, -0.2) is 86.0 Å². The first kappa shape index (κ1) is 23.1. The molecule has 0 aliphatic carbocycles. The molecule has 0 saturated carbocycles. The fraction of sp³-hybridized carbons (Fsp3) is 0.692. The number of benzene rings is 1. The Morgan fingerprint density at radius 2 is 1.62 bits per heavy atom. The van der Waals surface area contributed by atoms with E-state index in [1.807, 2.05) is 11.9 Å². The van der Waals surface area contributed by atoms with Crippen LogP contribution in [0.4, 0.5) is 0 Å². The first-order chi connectivity index (χ1) is 15.7. The van der Waals surface area contributed by atoms with Crippen LogP contribution in [0.5, 0.6) is 0 Å². The van der Waals surface area contributed by atoms with Crippen molar-refractivity contribution in [2.45, 2.75) is 44.9 Å². The van der Waals surface area contributed by atoms with Crippen LogP contribution in [0.3, 0.4) is 0 Å². The van der Waals surface area contributed by atoms with Crippen molar-refractivity contribution >= 4 is 11.9 Å². The summed E-state index contributed by atoms with van der Waals surface area (Å²) < 4.78 is 0. The highest BCUT2D eigenvalue weighted by atomic mass is 16.2. The minimum atomic E-state index is 0.202. The number of nitrogens with zero attached hydrogens (tertiary/aromatic N) is 4. The quantitative estimate of drug-likeness (QED) is 0.547. The molecule has 1 amide bonds. The van der Waals surface area contributed by atoms with Gasteiger partial charge in [0.15, 0.2) is 5.96 Å². The lowest BCUT2D eigenvalue weighted by Gasteiger charge is -2.32. The monoisotopic (exact) mass is 439 g/mol. The standard InChI is InChI=1S/C26H41N5O/c1-27-26(31-17-12-24(21-31)20-29-13-6-3-7-14-29)28-19-25(32)30-15-10-23(11-16-30)18-22-8-4-2-5-9-22/h2,4-5,8-9,23-24H,3,6-7,10-21H2,1H3,(H,27,28). The lowest BCUT2D eigenvalue weighted by Crippen LogP contribution is -2.48. The largest absolute Gasteiger partial charge is 0.347 e. The predicted octanol–water partition coefficient (Wildman–Crippen LogP) is 2.85. The van der Waals surface area contributed by atoms with Gasteiger partial charge in [-0.2, -0.15) is 0 Å². The SMILES string of the molecule is CN=C(NCC(=O)N1CCC(Cc2ccccc2)CC1)N1CCC(CN2CCCCC2)C1. The Kier molecular flexibility index (Phi) is 8.43. The number of rotatable bonds is 6. The zero-order valence-electron chi connectivity index (χ0n) is 19.8. The van der Waals surface area contributed by atoms with Crippen molar-refractivity contribution in [3.63, 3.8) is 0 Å². The molecule has 6 heteroatoms. The predicted molar refractivity (Wildman–Crippen MR) is 131 cm³/mol. The van der Waals surface area contributed by atoms with Crippen molar-refractivity contribution in [3.8, 4) is 0 Å². The number of amides is 1. The molecule has 1 atom stereocenters. The Morgan fingerprint density at radius 3 is 2.34 bits per heavy atom. The van der Waals surface area contributed by atoms with Crippen LogP contribution in [0.2, 0.25) is 0 Å². The van der Waals surface area contributed by atoms with Gasteiger partial charge in [-0.1, -0.05) is 36.8 Å². The maximum Gasteiger partial charge on any atom is 0.241 e. The number of hydrogen-bond acceptors (Lipinski definition) is 3. The second-order valence-electron chi connectivity index (χ2n) is 9.88. The van der Waals surface area contributed by atoms with Crippen molar-refractivity contribution in [2.24, 2.45) is 16.8 Å². The van der Waals surface area contributed by atoms with E-state index in [0.717, 1.165) is 51.4 Å². The van der Waals surface area contributed by atoms with Gasteiger partial charge < -0.3 is 20.0 Å². The van der Waals surface area contributed by atoms with Gasteiger partial charge in [0.2, 0.25) is 5.91 Å². The Bertz CT molecular complexity index is 738. The van der Waals surface area contributed by atoms with E-state index in [-0.39, 0.29) is 5.91 Å². The van der Waals surface area contributed by atoms with Crippen molar-refractivity contribution < 1.29 is 4.79 Å². The summed E-state index contributed by atoms with van der Waals surface area (Å²) in [5.41, 5.74) is 1.41. The number of aliphatic imine (C=N–C) groups is 1. The van der Waals surface area contributed by atoms with Crippen LogP contribution in [0.1, 0.15) is 44.1 Å². The van der Waals surface area contributed by atoms with Crippen LogP contribution >= 0.6 is 0 Å². The third kappa shape index (κ3) is 6.47. The summed E-state index contributed by atoms with van der Waals surface area (Å²) in [6.45, 7) is 7.93. The maximum absolute atomic E-state index is 12.8. The highest BCUT2D eigenvalue weighted by Gasteiger charge is 2.28. The molecule has 1 aromatic rings. The summed E-state index contributed by atoms with van der Waals surface area (Å²) in [4.78, 5) is 24.3. The van der Waals surface area contributed by atoms with Gasteiger partial charge in [0.05, 0.1) is 6.54 Å². The molecular formula is C26H41N5O. The van der Waals surface area contributed by atoms with Gasteiger partial charge in [-0.25, -0.2) is 0 Å². The van der Waals surface area contributed by atoms with Gasteiger partial charge in [0.25, 0.3) is 0 Å². The molecular weight excluding hydrogens is 398 g/mol. The zero-order chi connectivity index (χ0) is 22.2. The number of nitrogens with one attached hydrogen (secondary N) is 1. The number of hydrogen-bond donors (Lipinski definition) is 1. The van der Waals surface area contributed by atoms with Gasteiger partial charge in [-0.15, -0.1) is 0 Å². The minimum absolute atomic E-state index is 0.202. The average Bonchev–Trinajstić information content (AvgIpc) is 3.29. The van der Waals surface area contributed by atoms with Crippen LogP contribution in [0.15, 0.2) is 35.3 Å². The molecule has 3 fully saturated rings. The van der Waals surface area contributed by atoms with Crippen molar-refractivity contribution in [2.75, 3.05) is 59.4 Å². The summed E-state index contributed by atoms with van der Waals surface area (Å²) in [5.74, 6) is 2.49. The molecule has 0 spiro atoms. The van der Waals surface area contributed by atoms with E-state index in [1.54, 1.807) is 0 Å². The third-order valence-corrected chi connectivity index (χ3v) is 7.49. The molecule has 0 radical (unpaired) electrons. The van der Waals surface area contributed by atoms with Crippen molar-refractivity contribution in [1.82, 2.24) is 20.0 Å². The normalized spacial score (nSPS) is 23.5. The number of carbonyl (C=O) groups is 1. The summed E-state index contributed by atoms with van der Waals surface area (Å²) in [6.07, 6.45) is 8.64. The van der Waals surface area contributed by atoms with Crippen LogP contribution in [0, 0.1) is 11.8 Å². The van der Waals surface area contributed by atoms with E-state index >= 15 is 0 Å². The van der Waals surface area contributed by atoms with Gasteiger partial charge in [0, 0.05) is 39.8 Å². The number of piperidine rings is 2. The van der Waals surface area contributed by atoms with Gasteiger partial charge in [-0.05, 0) is 69.0 Å². The van der Waals surface area contributed by atoms with Gasteiger partial charge in [0.1, 0.15) is 0 Å². The van der Waals surface area contributed by atoms with Crippen LogP contribution in [0.25, 0.3) is 0 Å². The van der Waals surface area contributed by atoms with Crippen molar-refractivity contribution in [3.05, 3.63) is 35.9 Å². The van der Waals surface area contributed by atoms with Crippen LogP contribution in [-0.2, 0) is 11.2 Å². The molecule has 4 rings (SSSR count). The Morgan fingerprint density at radius 1 is 0.938 bits per heavy atom. The molecule has 1 N–H and O–H groups in total. The number of likely N-dealkylation sites (tertiary alicyclic amines) is 3. The lowest BCUT2D eigenvalue weighted by molar-refractivity contribution is -0.131. The maximum atomic E-state index is 12.8. The average molecular weight is 440 g/mol. The Hall–Kier alpha value is -2.08. The molecule has 3 saturated heterocycles. The van der Waals surface area contributed by atoms with E-state index in [4.69, 9.17) is 0 Å². The van der Waals surface area contributed by atoms with Gasteiger partial charge >= 0.3 is 0 Å². The van der Waals surface area contributed by atoms with E-state index in [2.05, 4.69) is 50.4 Å². The Labute approximate surface area is 194 Å². The summed E-state index contributed by atoms with van der Waals surface area (Å²) in [6, 6.07) is 10.7. The van der Waals surface area contributed by atoms with E-state index < -0.39 is 0 Å². The van der Waals surface area contributed by atoms with Crippen LogP contribution < -0.4 is 5.32 Å². The highest BCUT2D eigenvalue weighted by Crippen LogP contribution is 2.22. The number of carbonyl (C=O) groups excluding carboxylic acids is 1. The molecule has 0 bridgehead atoms. The van der Waals surface area contributed by atoms with E-state index in [1.165, 1.54) is 50.9 Å². The van der Waals surface area contributed by atoms with E-state index in [9.17, 15) is 4.79 Å². The summed E-state index contributed by atoms with van der Waals surface area (Å²) in [5, 5.41) is 3.35. The first-order valence-corrected chi connectivity index (χ1v) is 12.7. The minimum Gasteiger partial charge on any atom is -0.347 e. The first-order valence-electron chi connectivity index (χ1n) is 12.7. The zero-order valence-corrected chi connectivity index (χ0v) is 19.8. The molecule has 3 aliphatic heterocycles.